The average Bonchev–Trinajstić information content (AvgIpc) is 3.08. The molecule has 1 aliphatic heterocycles. The second-order valence-corrected chi connectivity index (χ2v) is 6.78. The molecule has 142 valence electrons. The van der Waals surface area contributed by atoms with E-state index >= 15 is 0 Å². The first kappa shape index (κ1) is 17.7. The molecule has 2 aromatic heterocycles. The summed E-state index contributed by atoms with van der Waals surface area (Å²) < 4.78 is 20.4. The molecule has 1 aromatic carbocycles. The van der Waals surface area contributed by atoms with E-state index in [1.807, 2.05) is 0 Å². The Bertz CT molecular complexity index is 970. The van der Waals surface area contributed by atoms with Crippen LogP contribution in [0.15, 0.2) is 45.7 Å². The van der Waals surface area contributed by atoms with Gasteiger partial charge < -0.3 is 9.73 Å². The Hall–Kier alpha value is -2.74. The summed E-state index contributed by atoms with van der Waals surface area (Å²) in [6.07, 6.45) is 5.02. The van der Waals surface area contributed by atoms with Crippen molar-refractivity contribution in [2.75, 3.05) is 25.0 Å². The fourth-order valence-corrected chi connectivity index (χ4v) is 3.54. The van der Waals surface area contributed by atoms with Gasteiger partial charge >= 0.3 is 0 Å². The normalized spacial score (nSPS) is 18.0. The standard InChI is InChI=1S/C19H22FN5O2/c20-14-6-7-16-17(12-14)27-19(23-16)21-13-15-4-1-2-9-24(15)10-11-25-18(26)5-3-8-22-25/h3,5-8,12,15H,1-2,4,9-11,13H2,(H,21,23). The third-order valence-corrected chi connectivity index (χ3v) is 4.97. The van der Waals surface area contributed by atoms with E-state index in [9.17, 15) is 9.18 Å². The van der Waals surface area contributed by atoms with Crippen molar-refractivity contribution >= 4 is 17.1 Å². The highest BCUT2D eigenvalue weighted by atomic mass is 19.1. The zero-order chi connectivity index (χ0) is 18.6. The second kappa shape index (κ2) is 7.87. The molecule has 0 radical (unpaired) electrons. The quantitative estimate of drug-likeness (QED) is 0.717. The Morgan fingerprint density at radius 2 is 2.19 bits per heavy atom. The lowest BCUT2D eigenvalue weighted by Crippen LogP contribution is -2.45. The third kappa shape index (κ3) is 4.16. The molecule has 4 rings (SSSR count). The summed E-state index contributed by atoms with van der Waals surface area (Å²) in [5, 5.41) is 7.36. The number of fused-ring (bicyclic) bond motifs is 1. The van der Waals surface area contributed by atoms with Gasteiger partial charge in [-0.2, -0.15) is 10.1 Å². The molecule has 1 aliphatic rings. The first-order chi connectivity index (χ1) is 13.2. The Labute approximate surface area is 155 Å². The number of halogens is 1. The van der Waals surface area contributed by atoms with Crippen molar-refractivity contribution in [1.29, 1.82) is 0 Å². The summed E-state index contributed by atoms with van der Waals surface area (Å²) in [7, 11) is 0. The minimum atomic E-state index is -0.339. The van der Waals surface area contributed by atoms with E-state index in [1.54, 1.807) is 18.3 Å². The number of nitrogens with zero attached hydrogens (tertiary/aromatic N) is 4. The highest BCUT2D eigenvalue weighted by Gasteiger charge is 2.22. The first-order valence-corrected chi connectivity index (χ1v) is 9.25. The smallest absolute Gasteiger partial charge is 0.295 e. The van der Waals surface area contributed by atoms with Gasteiger partial charge in [-0.25, -0.2) is 9.07 Å². The molecule has 1 atom stereocenters. The van der Waals surface area contributed by atoms with Gasteiger partial charge in [0.05, 0.1) is 6.54 Å². The predicted octanol–water partition coefficient (Wildman–Crippen LogP) is 2.49. The van der Waals surface area contributed by atoms with Crippen molar-refractivity contribution in [3.63, 3.8) is 0 Å². The lowest BCUT2D eigenvalue weighted by molar-refractivity contribution is 0.147. The fourth-order valence-electron chi connectivity index (χ4n) is 3.54. The van der Waals surface area contributed by atoms with Crippen molar-refractivity contribution in [2.24, 2.45) is 0 Å². The van der Waals surface area contributed by atoms with Gasteiger partial charge in [-0.05, 0) is 37.6 Å². The zero-order valence-electron chi connectivity index (χ0n) is 15.0. The molecule has 1 fully saturated rings. The van der Waals surface area contributed by atoms with Crippen LogP contribution in [-0.4, -0.2) is 45.3 Å². The van der Waals surface area contributed by atoms with E-state index in [1.165, 1.54) is 29.3 Å². The van der Waals surface area contributed by atoms with Gasteiger partial charge in [0.2, 0.25) is 0 Å². The summed E-state index contributed by atoms with van der Waals surface area (Å²) >= 11 is 0. The summed E-state index contributed by atoms with van der Waals surface area (Å²) in [5.74, 6) is -0.339. The van der Waals surface area contributed by atoms with Crippen LogP contribution in [0.3, 0.4) is 0 Å². The van der Waals surface area contributed by atoms with Crippen molar-refractivity contribution < 1.29 is 8.81 Å². The number of oxazole rings is 1. The molecule has 0 bridgehead atoms. The van der Waals surface area contributed by atoms with Crippen LogP contribution < -0.4 is 10.9 Å². The third-order valence-electron chi connectivity index (χ3n) is 4.97. The van der Waals surface area contributed by atoms with Crippen molar-refractivity contribution in [3.05, 3.63) is 52.7 Å². The Morgan fingerprint density at radius 1 is 1.26 bits per heavy atom. The maximum absolute atomic E-state index is 13.3. The first-order valence-electron chi connectivity index (χ1n) is 9.25. The summed E-state index contributed by atoms with van der Waals surface area (Å²) in [6, 6.07) is 8.22. The topological polar surface area (TPSA) is 76.2 Å². The van der Waals surface area contributed by atoms with Gasteiger partial charge in [-0.3, -0.25) is 9.69 Å². The number of hydrogen-bond acceptors (Lipinski definition) is 6. The number of aromatic nitrogens is 3. The monoisotopic (exact) mass is 371 g/mol. The molecule has 0 aliphatic carbocycles. The minimum Gasteiger partial charge on any atom is -0.423 e. The summed E-state index contributed by atoms with van der Waals surface area (Å²) in [6.45, 7) is 3.01. The number of likely N-dealkylation sites (tertiary alicyclic amines) is 1. The number of piperidine rings is 1. The van der Waals surface area contributed by atoms with E-state index in [0.29, 0.717) is 36.2 Å². The second-order valence-electron chi connectivity index (χ2n) is 6.78. The van der Waals surface area contributed by atoms with Gasteiger partial charge in [0.25, 0.3) is 11.6 Å². The molecule has 1 saturated heterocycles. The highest BCUT2D eigenvalue weighted by Crippen LogP contribution is 2.21. The van der Waals surface area contributed by atoms with E-state index in [2.05, 4.69) is 20.3 Å². The molecule has 0 spiro atoms. The molecule has 7 nitrogen and oxygen atoms in total. The zero-order valence-corrected chi connectivity index (χ0v) is 15.0. The molecule has 3 heterocycles. The van der Waals surface area contributed by atoms with Crippen LogP contribution >= 0.6 is 0 Å². The maximum atomic E-state index is 13.3. The van der Waals surface area contributed by atoms with E-state index in [-0.39, 0.29) is 11.4 Å². The Kier molecular flexibility index (Phi) is 5.15. The van der Waals surface area contributed by atoms with E-state index in [0.717, 1.165) is 25.9 Å². The average molecular weight is 371 g/mol. The molecule has 1 unspecified atom stereocenters. The molecule has 1 N–H and O–H groups in total. The number of benzene rings is 1. The van der Waals surface area contributed by atoms with Crippen molar-refractivity contribution in [1.82, 2.24) is 19.7 Å². The highest BCUT2D eigenvalue weighted by molar-refractivity contribution is 5.74. The molecular formula is C19H22FN5O2. The number of hydrogen-bond donors (Lipinski definition) is 1. The van der Waals surface area contributed by atoms with Gasteiger partial charge in [-0.15, -0.1) is 0 Å². The maximum Gasteiger partial charge on any atom is 0.295 e. The van der Waals surface area contributed by atoms with E-state index in [4.69, 9.17) is 4.42 Å². The predicted molar refractivity (Wildman–Crippen MR) is 100 cm³/mol. The molecular weight excluding hydrogens is 349 g/mol. The molecule has 27 heavy (non-hydrogen) atoms. The van der Waals surface area contributed by atoms with Gasteiger partial charge in [-0.1, -0.05) is 6.42 Å². The molecule has 0 amide bonds. The lowest BCUT2D eigenvalue weighted by atomic mass is 10.0. The molecule has 8 heteroatoms. The Balaban J connectivity index is 1.38. The van der Waals surface area contributed by atoms with Crippen LogP contribution in [0.1, 0.15) is 19.3 Å². The van der Waals surface area contributed by atoms with Crippen LogP contribution in [0.25, 0.3) is 11.1 Å². The fraction of sp³-hybridized carbons (Fsp3) is 0.421. The van der Waals surface area contributed by atoms with Gasteiger partial charge in [0, 0.05) is 37.5 Å². The minimum absolute atomic E-state index is 0.0807. The van der Waals surface area contributed by atoms with Gasteiger partial charge in [0.1, 0.15) is 11.3 Å². The van der Waals surface area contributed by atoms with Crippen LogP contribution in [0.4, 0.5) is 10.4 Å². The van der Waals surface area contributed by atoms with Crippen molar-refractivity contribution in [3.8, 4) is 0 Å². The molecule has 0 saturated carbocycles. The number of anilines is 1. The van der Waals surface area contributed by atoms with Crippen LogP contribution in [-0.2, 0) is 6.54 Å². The largest absolute Gasteiger partial charge is 0.423 e. The van der Waals surface area contributed by atoms with Crippen molar-refractivity contribution in [2.45, 2.75) is 31.8 Å². The van der Waals surface area contributed by atoms with Crippen LogP contribution in [0.2, 0.25) is 0 Å². The Morgan fingerprint density at radius 3 is 3.07 bits per heavy atom. The summed E-state index contributed by atoms with van der Waals surface area (Å²) in [4.78, 5) is 18.5. The number of rotatable bonds is 6. The molecule has 3 aromatic rings. The lowest BCUT2D eigenvalue weighted by Gasteiger charge is -2.35. The van der Waals surface area contributed by atoms with E-state index < -0.39 is 0 Å². The van der Waals surface area contributed by atoms with Gasteiger partial charge in [0.15, 0.2) is 5.58 Å². The van der Waals surface area contributed by atoms with Crippen LogP contribution in [0, 0.1) is 5.82 Å². The SMILES string of the molecule is O=c1cccnn1CCN1CCCCC1CNc1nc2ccc(F)cc2o1. The number of nitrogens with one attached hydrogen (secondary N) is 1. The summed E-state index contributed by atoms with van der Waals surface area (Å²) in [5.41, 5.74) is 0.990. The van der Waals surface area contributed by atoms with Crippen LogP contribution in [0.5, 0.6) is 0 Å².